The summed E-state index contributed by atoms with van der Waals surface area (Å²) < 4.78 is 36.5. The zero-order chi connectivity index (χ0) is 15.9. The lowest BCUT2D eigenvalue weighted by atomic mass is 10.3. The molecule has 1 unspecified atom stereocenters. The highest BCUT2D eigenvalue weighted by Crippen LogP contribution is 2.16. The van der Waals surface area contributed by atoms with Gasteiger partial charge in [0.05, 0.1) is 17.9 Å². The van der Waals surface area contributed by atoms with Gasteiger partial charge in [0.25, 0.3) is 0 Å². The Morgan fingerprint density at radius 2 is 1.90 bits per heavy atom. The van der Waals surface area contributed by atoms with Crippen LogP contribution in [0.3, 0.4) is 0 Å². The second kappa shape index (κ2) is 7.96. The first-order chi connectivity index (χ1) is 9.85. The second-order valence-corrected chi connectivity index (χ2v) is 6.15. The van der Waals surface area contributed by atoms with Crippen LogP contribution in [0.15, 0.2) is 29.2 Å². The fraction of sp³-hybridized carbons (Fsp3) is 0.462. The van der Waals surface area contributed by atoms with Gasteiger partial charge in [0.15, 0.2) is 0 Å². The smallest absolute Gasteiger partial charge is 0.304 e. The van der Waals surface area contributed by atoms with Crippen molar-refractivity contribution >= 4 is 16.0 Å². The summed E-state index contributed by atoms with van der Waals surface area (Å²) in [7, 11) is -2.18. The molecule has 0 aliphatic heterocycles. The Morgan fingerprint density at radius 3 is 2.43 bits per heavy atom. The first-order valence-corrected chi connectivity index (χ1v) is 7.79. The minimum Gasteiger partial charge on any atom is -0.491 e. The summed E-state index contributed by atoms with van der Waals surface area (Å²) >= 11 is 0. The van der Waals surface area contributed by atoms with Gasteiger partial charge in [0.1, 0.15) is 12.4 Å². The Bertz CT molecular complexity index is 555. The van der Waals surface area contributed by atoms with Gasteiger partial charge in [-0.2, -0.15) is 0 Å². The van der Waals surface area contributed by atoms with Crippen molar-refractivity contribution in [3.8, 4) is 5.75 Å². The normalized spacial score (nSPS) is 12.9. The molecule has 0 saturated carbocycles. The molecule has 0 spiro atoms. The van der Waals surface area contributed by atoms with E-state index in [4.69, 9.17) is 14.6 Å². The van der Waals surface area contributed by atoms with Gasteiger partial charge >= 0.3 is 5.97 Å². The molecule has 1 rings (SSSR count). The van der Waals surface area contributed by atoms with E-state index >= 15 is 0 Å². The number of hydrogen-bond donors (Lipinski definition) is 2. The van der Waals surface area contributed by atoms with Crippen LogP contribution in [-0.4, -0.2) is 45.9 Å². The summed E-state index contributed by atoms with van der Waals surface area (Å²) in [5.41, 5.74) is 0. The molecule has 0 heterocycles. The Kier molecular flexibility index (Phi) is 6.60. The zero-order valence-electron chi connectivity index (χ0n) is 11.9. The predicted molar refractivity (Wildman–Crippen MR) is 75.8 cm³/mol. The molecule has 0 fully saturated rings. The number of carboxylic acid groups (broad SMARTS) is 1. The highest BCUT2D eigenvalue weighted by Gasteiger charge is 2.18. The molecular weight excluding hydrogens is 298 g/mol. The number of aliphatic carboxylic acids is 1. The molecule has 0 aliphatic rings. The van der Waals surface area contributed by atoms with E-state index in [1.54, 1.807) is 7.11 Å². The first kappa shape index (κ1) is 17.4. The molecule has 0 bridgehead atoms. The number of ether oxygens (including phenoxy) is 2. The number of nitrogens with one attached hydrogen (secondary N) is 1. The number of carbonyl (C=O) groups is 1. The average molecular weight is 317 g/mol. The summed E-state index contributed by atoms with van der Waals surface area (Å²) in [5, 5.41) is 8.63. The van der Waals surface area contributed by atoms with Crippen molar-refractivity contribution < 1.29 is 27.8 Å². The summed E-state index contributed by atoms with van der Waals surface area (Å²) in [6.45, 7) is 2.30. The van der Waals surface area contributed by atoms with E-state index < -0.39 is 22.0 Å². The van der Waals surface area contributed by atoms with Crippen LogP contribution in [-0.2, 0) is 19.6 Å². The zero-order valence-corrected chi connectivity index (χ0v) is 12.7. The number of methoxy groups -OCH3 is 1. The molecule has 7 nitrogen and oxygen atoms in total. The maximum absolute atomic E-state index is 12.0. The van der Waals surface area contributed by atoms with E-state index in [9.17, 15) is 13.2 Å². The molecule has 21 heavy (non-hydrogen) atoms. The first-order valence-electron chi connectivity index (χ1n) is 6.31. The van der Waals surface area contributed by atoms with E-state index in [-0.39, 0.29) is 11.3 Å². The van der Waals surface area contributed by atoms with E-state index in [2.05, 4.69) is 4.72 Å². The summed E-state index contributed by atoms with van der Waals surface area (Å²) in [6.07, 6.45) is -0.280. The van der Waals surface area contributed by atoms with E-state index in [1.807, 2.05) is 0 Å². The molecule has 1 aromatic carbocycles. The minimum absolute atomic E-state index is 0.0545. The van der Waals surface area contributed by atoms with Crippen molar-refractivity contribution in [3.63, 3.8) is 0 Å². The van der Waals surface area contributed by atoms with Crippen molar-refractivity contribution in [1.82, 2.24) is 4.72 Å². The SMILES string of the molecule is COCCOc1ccc(S(=O)(=O)NC(C)CC(=O)O)cc1. The number of carboxylic acids is 1. The molecule has 0 amide bonds. The van der Waals surface area contributed by atoms with Gasteiger partial charge < -0.3 is 14.6 Å². The quantitative estimate of drug-likeness (QED) is 0.655. The van der Waals surface area contributed by atoms with Crippen LogP contribution in [0.2, 0.25) is 0 Å². The van der Waals surface area contributed by atoms with Crippen molar-refractivity contribution in [2.24, 2.45) is 0 Å². The lowest BCUT2D eigenvalue weighted by Gasteiger charge is -2.12. The fourth-order valence-electron chi connectivity index (χ4n) is 1.59. The number of hydrogen-bond acceptors (Lipinski definition) is 5. The van der Waals surface area contributed by atoms with Crippen LogP contribution in [0.25, 0.3) is 0 Å². The van der Waals surface area contributed by atoms with Gasteiger partial charge in [-0.15, -0.1) is 0 Å². The van der Waals surface area contributed by atoms with Crippen LogP contribution in [0.5, 0.6) is 5.75 Å². The third-order valence-corrected chi connectivity index (χ3v) is 4.13. The molecule has 118 valence electrons. The van der Waals surface area contributed by atoms with Crippen LogP contribution in [0.4, 0.5) is 0 Å². The molecule has 2 N–H and O–H groups in total. The maximum atomic E-state index is 12.0. The van der Waals surface area contributed by atoms with Gasteiger partial charge in [0, 0.05) is 13.2 Å². The highest BCUT2D eigenvalue weighted by atomic mass is 32.2. The summed E-state index contributed by atoms with van der Waals surface area (Å²) in [6, 6.07) is 5.18. The molecular formula is C13H19NO6S. The van der Waals surface area contributed by atoms with E-state index in [0.29, 0.717) is 19.0 Å². The highest BCUT2D eigenvalue weighted by molar-refractivity contribution is 7.89. The van der Waals surface area contributed by atoms with Gasteiger partial charge in [-0.25, -0.2) is 13.1 Å². The second-order valence-electron chi connectivity index (χ2n) is 4.43. The molecule has 0 aliphatic carbocycles. The fourth-order valence-corrected chi connectivity index (χ4v) is 2.84. The Hall–Kier alpha value is -1.64. The average Bonchev–Trinajstić information content (AvgIpc) is 2.38. The van der Waals surface area contributed by atoms with Crippen molar-refractivity contribution in [3.05, 3.63) is 24.3 Å². The maximum Gasteiger partial charge on any atom is 0.304 e. The van der Waals surface area contributed by atoms with Crippen LogP contribution >= 0.6 is 0 Å². The monoisotopic (exact) mass is 317 g/mol. The van der Waals surface area contributed by atoms with E-state index in [1.165, 1.54) is 31.2 Å². The number of rotatable bonds is 9. The van der Waals surface area contributed by atoms with Crippen molar-refractivity contribution in [2.75, 3.05) is 20.3 Å². The number of benzene rings is 1. The minimum atomic E-state index is -3.74. The summed E-state index contributed by atoms with van der Waals surface area (Å²) in [4.78, 5) is 10.6. The van der Waals surface area contributed by atoms with Gasteiger partial charge in [-0.1, -0.05) is 0 Å². The number of sulfonamides is 1. The van der Waals surface area contributed by atoms with Crippen LogP contribution in [0.1, 0.15) is 13.3 Å². The Labute approximate surface area is 123 Å². The topological polar surface area (TPSA) is 102 Å². The lowest BCUT2D eigenvalue weighted by Crippen LogP contribution is -2.34. The Morgan fingerprint density at radius 1 is 1.29 bits per heavy atom. The van der Waals surface area contributed by atoms with E-state index in [0.717, 1.165) is 0 Å². The third kappa shape index (κ3) is 6.11. The standard InChI is InChI=1S/C13H19NO6S/c1-10(9-13(15)16)14-21(17,18)12-5-3-11(4-6-12)20-8-7-19-2/h3-6,10,14H,7-9H2,1-2H3,(H,15,16). The van der Waals surface area contributed by atoms with Gasteiger partial charge in [0.2, 0.25) is 10.0 Å². The molecule has 1 aromatic rings. The largest absolute Gasteiger partial charge is 0.491 e. The molecule has 8 heteroatoms. The predicted octanol–water partition coefficient (Wildman–Crippen LogP) is 0.853. The third-order valence-electron chi connectivity index (χ3n) is 2.53. The van der Waals surface area contributed by atoms with Crippen LogP contribution < -0.4 is 9.46 Å². The Balaban J connectivity index is 2.68. The van der Waals surface area contributed by atoms with Gasteiger partial charge in [-0.3, -0.25) is 4.79 Å². The molecule has 0 saturated heterocycles. The molecule has 1 atom stereocenters. The van der Waals surface area contributed by atoms with Crippen molar-refractivity contribution in [1.29, 1.82) is 0 Å². The molecule has 0 aromatic heterocycles. The van der Waals surface area contributed by atoms with Crippen LogP contribution in [0, 0.1) is 0 Å². The summed E-state index contributed by atoms with van der Waals surface area (Å²) in [5.74, 6) is -0.531. The van der Waals surface area contributed by atoms with Crippen molar-refractivity contribution in [2.45, 2.75) is 24.3 Å². The lowest BCUT2D eigenvalue weighted by molar-refractivity contribution is -0.137. The van der Waals surface area contributed by atoms with Gasteiger partial charge in [-0.05, 0) is 31.2 Å². The molecule has 0 radical (unpaired) electrons.